The van der Waals surface area contributed by atoms with Gasteiger partial charge in [0.2, 0.25) is 0 Å². The van der Waals surface area contributed by atoms with E-state index in [1.165, 1.54) is 17.7 Å². The summed E-state index contributed by atoms with van der Waals surface area (Å²) in [6, 6.07) is 12.5. The highest BCUT2D eigenvalue weighted by Gasteiger charge is 2.28. The third-order valence-electron chi connectivity index (χ3n) is 4.02. The molecule has 2 unspecified atom stereocenters. The van der Waals surface area contributed by atoms with Crippen molar-refractivity contribution in [3.05, 3.63) is 65.0 Å². The molecule has 0 fully saturated rings. The number of ether oxygens (including phenoxy) is 1. The highest BCUT2D eigenvalue weighted by atomic mass is 19.1. The summed E-state index contributed by atoms with van der Waals surface area (Å²) in [6.07, 6.45) is -0.376. The summed E-state index contributed by atoms with van der Waals surface area (Å²) >= 11 is 0. The summed E-state index contributed by atoms with van der Waals surface area (Å²) in [4.78, 5) is 0. The van der Waals surface area contributed by atoms with E-state index < -0.39 is 6.10 Å². The van der Waals surface area contributed by atoms with Gasteiger partial charge < -0.3 is 9.84 Å². The summed E-state index contributed by atoms with van der Waals surface area (Å²) in [7, 11) is 0. The molecule has 3 heteroatoms. The third-order valence-corrected chi connectivity index (χ3v) is 4.02. The lowest BCUT2D eigenvalue weighted by molar-refractivity contribution is 0.0653. The summed E-state index contributed by atoms with van der Waals surface area (Å²) in [6.45, 7) is 4.30. The summed E-state index contributed by atoms with van der Waals surface area (Å²) < 4.78 is 19.2. The summed E-state index contributed by atoms with van der Waals surface area (Å²) in [5.41, 5.74) is 2.93. The van der Waals surface area contributed by atoms with Gasteiger partial charge in [-0.25, -0.2) is 4.39 Å². The van der Waals surface area contributed by atoms with Crippen LogP contribution in [0.3, 0.4) is 0 Å². The molecule has 1 aliphatic rings. The lowest BCUT2D eigenvalue weighted by Gasteiger charge is -2.30. The number of rotatable bonds is 2. The minimum atomic E-state index is -0.621. The molecule has 2 aromatic rings. The van der Waals surface area contributed by atoms with Crippen LogP contribution in [0.1, 0.15) is 55.1 Å². The predicted octanol–water partition coefficient (Wildman–Crippen LogP) is 4.51. The minimum absolute atomic E-state index is 0.240. The van der Waals surface area contributed by atoms with Gasteiger partial charge in [-0.3, -0.25) is 0 Å². The number of aliphatic hydroxyl groups excluding tert-OH is 1. The Balaban J connectivity index is 1.88. The first-order valence-corrected chi connectivity index (χ1v) is 7.28. The molecule has 0 saturated carbocycles. The molecule has 1 aliphatic heterocycles. The lowest BCUT2D eigenvalue weighted by Crippen LogP contribution is -2.19. The zero-order valence-corrected chi connectivity index (χ0v) is 12.2. The van der Waals surface area contributed by atoms with Gasteiger partial charge in [0.1, 0.15) is 17.7 Å². The maximum absolute atomic E-state index is 13.3. The van der Waals surface area contributed by atoms with Crippen molar-refractivity contribution in [3.63, 3.8) is 0 Å². The standard InChI is InChI=1S/C18H19FO2/c1-11(2)12-3-5-13(6-4-12)17-10-16(20)15-8-7-14(19)9-18(15)21-17/h3-9,11,16-17,20H,10H2,1-2H3. The van der Waals surface area contributed by atoms with E-state index in [0.29, 0.717) is 23.7 Å². The Labute approximate surface area is 124 Å². The van der Waals surface area contributed by atoms with Crippen molar-refractivity contribution in [2.45, 2.75) is 38.4 Å². The zero-order chi connectivity index (χ0) is 15.0. The molecule has 0 spiro atoms. The van der Waals surface area contributed by atoms with Gasteiger partial charge in [-0.1, -0.05) is 38.1 Å². The number of hydrogen-bond acceptors (Lipinski definition) is 2. The molecule has 0 aromatic heterocycles. The fourth-order valence-corrected chi connectivity index (χ4v) is 2.72. The smallest absolute Gasteiger partial charge is 0.128 e. The molecule has 110 valence electrons. The normalized spacial score (nSPS) is 21.0. The molecule has 3 rings (SSSR count). The molecule has 0 saturated heterocycles. The van der Waals surface area contributed by atoms with Gasteiger partial charge in [0, 0.05) is 18.1 Å². The maximum Gasteiger partial charge on any atom is 0.128 e. The van der Waals surface area contributed by atoms with Crippen LogP contribution in [0, 0.1) is 5.82 Å². The Hall–Kier alpha value is -1.87. The van der Waals surface area contributed by atoms with E-state index in [4.69, 9.17) is 4.74 Å². The lowest BCUT2D eigenvalue weighted by atomic mass is 9.93. The molecule has 0 amide bonds. The van der Waals surface area contributed by atoms with Gasteiger partial charge in [-0.05, 0) is 29.2 Å². The van der Waals surface area contributed by atoms with Crippen molar-refractivity contribution in [3.8, 4) is 5.75 Å². The number of halogens is 1. The molecule has 1 heterocycles. The van der Waals surface area contributed by atoms with Crippen LogP contribution in [-0.2, 0) is 0 Å². The average Bonchev–Trinajstić information content (AvgIpc) is 2.46. The molecule has 21 heavy (non-hydrogen) atoms. The first-order chi connectivity index (χ1) is 10.0. The highest BCUT2D eigenvalue weighted by molar-refractivity contribution is 5.39. The Morgan fingerprint density at radius 3 is 2.52 bits per heavy atom. The predicted molar refractivity (Wildman–Crippen MR) is 79.9 cm³/mol. The number of aliphatic hydroxyl groups is 1. The molecule has 1 N–H and O–H groups in total. The SMILES string of the molecule is CC(C)c1ccc(C2CC(O)c3ccc(F)cc3O2)cc1. The van der Waals surface area contributed by atoms with Crippen LogP contribution in [0.2, 0.25) is 0 Å². The Bertz CT molecular complexity index is 634. The van der Waals surface area contributed by atoms with Gasteiger partial charge in [-0.2, -0.15) is 0 Å². The van der Waals surface area contributed by atoms with E-state index in [0.717, 1.165) is 5.56 Å². The Morgan fingerprint density at radius 1 is 1.14 bits per heavy atom. The number of fused-ring (bicyclic) bond motifs is 1. The first kappa shape index (κ1) is 14.1. The van der Waals surface area contributed by atoms with Crippen molar-refractivity contribution in [1.29, 1.82) is 0 Å². The van der Waals surface area contributed by atoms with Crippen LogP contribution in [0.15, 0.2) is 42.5 Å². The van der Waals surface area contributed by atoms with Gasteiger partial charge in [0.05, 0.1) is 6.10 Å². The molecular weight excluding hydrogens is 267 g/mol. The van der Waals surface area contributed by atoms with E-state index in [-0.39, 0.29) is 11.9 Å². The second kappa shape index (κ2) is 5.49. The monoisotopic (exact) mass is 286 g/mol. The Kier molecular flexibility index (Phi) is 3.68. The molecular formula is C18H19FO2. The summed E-state index contributed by atoms with van der Waals surface area (Å²) in [5.74, 6) is 0.565. The van der Waals surface area contributed by atoms with Crippen molar-refractivity contribution >= 4 is 0 Å². The molecule has 2 atom stereocenters. The van der Waals surface area contributed by atoms with Gasteiger partial charge in [0.15, 0.2) is 0 Å². The Morgan fingerprint density at radius 2 is 1.86 bits per heavy atom. The van der Waals surface area contributed by atoms with Crippen molar-refractivity contribution in [2.24, 2.45) is 0 Å². The topological polar surface area (TPSA) is 29.5 Å². The van der Waals surface area contributed by atoms with E-state index in [2.05, 4.69) is 26.0 Å². The molecule has 0 bridgehead atoms. The maximum atomic E-state index is 13.3. The van der Waals surface area contributed by atoms with E-state index in [1.807, 2.05) is 12.1 Å². The van der Waals surface area contributed by atoms with E-state index in [1.54, 1.807) is 6.07 Å². The van der Waals surface area contributed by atoms with Crippen LogP contribution in [-0.4, -0.2) is 5.11 Å². The van der Waals surface area contributed by atoms with Crippen molar-refractivity contribution in [1.82, 2.24) is 0 Å². The zero-order valence-electron chi connectivity index (χ0n) is 12.2. The van der Waals surface area contributed by atoms with Crippen LogP contribution in [0.25, 0.3) is 0 Å². The van der Waals surface area contributed by atoms with Crippen LogP contribution >= 0.6 is 0 Å². The van der Waals surface area contributed by atoms with Crippen LogP contribution in [0.4, 0.5) is 4.39 Å². The quantitative estimate of drug-likeness (QED) is 0.880. The molecule has 0 aliphatic carbocycles. The van der Waals surface area contributed by atoms with Gasteiger partial charge >= 0.3 is 0 Å². The van der Waals surface area contributed by atoms with Crippen LogP contribution < -0.4 is 4.74 Å². The van der Waals surface area contributed by atoms with E-state index >= 15 is 0 Å². The van der Waals surface area contributed by atoms with Gasteiger partial charge in [-0.15, -0.1) is 0 Å². The second-order valence-electron chi connectivity index (χ2n) is 5.86. The first-order valence-electron chi connectivity index (χ1n) is 7.28. The third kappa shape index (κ3) is 2.79. The largest absolute Gasteiger partial charge is 0.485 e. The fraction of sp³-hybridized carbons (Fsp3) is 0.333. The molecule has 2 nitrogen and oxygen atoms in total. The van der Waals surface area contributed by atoms with Crippen molar-refractivity contribution < 1.29 is 14.2 Å². The van der Waals surface area contributed by atoms with Crippen LogP contribution in [0.5, 0.6) is 5.75 Å². The number of benzene rings is 2. The van der Waals surface area contributed by atoms with E-state index in [9.17, 15) is 9.50 Å². The average molecular weight is 286 g/mol. The second-order valence-corrected chi connectivity index (χ2v) is 5.86. The van der Waals surface area contributed by atoms with Crippen molar-refractivity contribution in [2.75, 3.05) is 0 Å². The summed E-state index contributed by atoms with van der Waals surface area (Å²) in [5, 5.41) is 10.2. The number of hydrogen-bond donors (Lipinski definition) is 1. The fourth-order valence-electron chi connectivity index (χ4n) is 2.72. The molecule has 2 aromatic carbocycles. The minimum Gasteiger partial charge on any atom is -0.485 e. The molecule has 0 radical (unpaired) electrons. The highest BCUT2D eigenvalue weighted by Crippen LogP contribution is 2.41. The van der Waals surface area contributed by atoms with Gasteiger partial charge in [0.25, 0.3) is 0 Å².